The number of hydrogen-bond acceptors (Lipinski definition) is 7. The molecule has 0 saturated carbocycles. The van der Waals surface area contributed by atoms with Gasteiger partial charge in [0, 0.05) is 10.8 Å². The van der Waals surface area contributed by atoms with Gasteiger partial charge in [0.2, 0.25) is 5.88 Å². The lowest BCUT2D eigenvalue weighted by Gasteiger charge is -2.25. The highest BCUT2D eigenvalue weighted by Crippen LogP contribution is 2.32. The fourth-order valence-electron chi connectivity index (χ4n) is 3.24. The zero-order chi connectivity index (χ0) is 19.1. The third kappa shape index (κ3) is 3.16. The number of benzene rings is 1. The second-order valence-electron chi connectivity index (χ2n) is 6.78. The number of ether oxygens (including phenoxy) is 2. The summed E-state index contributed by atoms with van der Waals surface area (Å²) in [5.41, 5.74) is 4.52. The highest BCUT2D eigenvalue weighted by atomic mass is 19.1. The molecule has 142 valence electrons. The lowest BCUT2D eigenvalue weighted by molar-refractivity contribution is 0.0780. The molecule has 8 heteroatoms. The van der Waals surface area contributed by atoms with Gasteiger partial charge in [0.15, 0.2) is 11.6 Å². The molecule has 0 radical (unpaired) electrons. The van der Waals surface area contributed by atoms with E-state index in [1.807, 2.05) is 18.9 Å². The molecular weight excluding hydrogens is 351 g/mol. The van der Waals surface area contributed by atoms with E-state index in [2.05, 4.69) is 15.4 Å². The second-order valence-corrected chi connectivity index (χ2v) is 6.78. The second kappa shape index (κ2) is 6.70. The van der Waals surface area contributed by atoms with Crippen molar-refractivity contribution in [2.75, 3.05) is 13.2 Å². The zero-order valence-electron chi connectivity index (χ0n) is 15.4. The van der Waals surface area contributed by atoms with Gasteiger partial charge in [-0.1, -0.05) is 0 Å². The molecule has 0 spiro atoms. The van der Waals surface area contributed by atoms with Gasteiger partial charge >= 0.3 is 0 Å². The molecule has 0 aromatic heterocycles. The molecule has 4 rings (SSSR count). The first-order valence-corrected chi connectivity index (χ1v) is 8.81. The quantitative estimate of drug-likeness (QED) is 0.796. The lowest BCUT2D eigenvalue weighted by Crippen LogP contribution is -2.38. The van der Waals surface area contributed by atoms with Crippen LogP contribution in [0.2, 0.25) is 0 Å². The Kier molecular flexibility index (Phi) is 4.35. The Bertz CT molecular complexity index is 997. The molecule has 3 aliphatic heterocycles. The maximum Gasteiger partial charge on any atom is 0.246 e. The first-order valence-electron chi connectivity index (χ1n) is 8.81. The van der Waals surface area contributed by atoms with Crippen LogP contribution in [0.4, 0.5) is 4.39 Å². The summed E-state index contributed by atoms with van der Waals surface area (Å²) >= 11 is 0. The fourth-order valence-corrected chi connectivity index (χ4v) is 3.24. The van der Waals surface area contributed by atoms with Gasteiger partial charge in [-0.2, -0.15) is 0 Å². The van der Waals surface area contributed by atoms with E-state index in [0.717, 1.165) is 5.57 Å². The minimum Gasteiger partial charge on any atom is -0.493 e. The number of aliphatic imine (C=N–C) groups is 1. The van der Waals surface area contributed by atoms with Crippen molar-refractivity contribution < 1.29 is 19.0 Å². The van der Waals surface area contributed by atoms with Gasteiger partial charge in [0.1, 0.15) is 24.4 Å². The predicted octanol–water partition coefficient (Wildman–Crippen LogP) is 0.709. The van der Waals surface area contributed by atoms with E-state index in [-0.39, 0.29) is 24.3 Å². The largest absolute Gasteiger partial charge is 0.493 e. The number of nitrogens with one attached hydrogen (secondary N) is 1. The lowest BCUT2D eigenvalue weighted by atomic mass is 10.2. The van der Waals surface area contributed by atoms with Gasteiger partial charge < -0.3 is 14.6 Å². The minimum absolute atomic E-state index is 0.0483. The average Bonchev–Trinajstić information content (AvgIpc) is 3.16. The van der Waals surface area contributed by atoms with Crippen LogP contribution in [0.25, 0.3) is 6.08 Å². The van der Waals surface area contributed by atoms with Crippen LogP contribution in [0.3, 0.4) is 0 Å². The van der Waals surface area contributed by atoms with E-state index >= 15 is 0 Å². The third-order valence-corrected chi connectivity index (χ3v) is 4.52. The highest BCUT2D eigenvalue weighted by Gasteiger charge is 2.32. The van der Waals surface area contributed by atoms with Gasteiger partial charge in [-0.05, 0) is 39.0 Å². The van der Waals surface area contributed by atoms with E-state index in [0.29, 0.717) is 28.6 Å². The van der Waals surface area contributed by atoms with Gasteiger partial charge in [-0.15, -0.1) is 0 Å². The first-order chi connectivity index (χ1) is 12.9. The van der Waals surface area contributed by atoms with Crippen LogP contribution in [0.1, 0.15) is 20.8 Å². The number of aliphatic hydroxyl groups excluding tert-OH is 1. The third-order valence-electron chi connectivity index (χ3n) is 4.52. The summed E-state index contributed by atoms with van der Waals surface area (Å²) in [6, 6.07) is 3.27. The number of nitrogens with zero attached hydrogens (tertiary/aromatic N) is 3. The van der Waals surface area contributed by atoms with Crippen molar-refractivity contribution in [1.82, 2.24) is 10.4 Å². The standard InChI is InChI=1S/C19H21FN4O3/c1-10-6-13-14(23-10)4-5-15(17(13)20)27-19-18-12(3)16(26-8-11(2)25)7-24(18)22-9-21-19/h4-6,9-11,25H,7-8H2,1-3H3,(H,21,22)/t10-,11-/m0/s1. The van der Waals surface area contributed by atoms with Crippen molar-refractivity contribution in [2.45, 2.75) is 32.9 Å². The average molecular weight is 372 g/mol. The van der Waals surface area contributed by atoms with Crippen molar-refractivity contribution >= 4 is 12.4 Å². The highest BCUT2D eigenvalue weighted by molar-refractivity contribution is 5.60. The van der Waals surface area contributed by atoms with Crippen molar-refractivity contribution in [2.24, 2.45) is 9.98 Å². The maximum atomic E-state index is 14.8. The van der Waals surface area contributed by atoms with E-state index in [1.54, 1.807) is 25.1 Å². The topological polar surface area (TPSA) is 78.7 Å². The van der Waals surface area contributed by atoms with E-state index in [4.69, 9.17) is 9.47 Å². The van der Waals surface area contributed by atoms with Crippen LogP contribution in [0.5, 0.6) is 5.75 Å². The predicted molar refractivity (Wildman–Crippen MR) is 97.4 cm³/mol. The normalized spacial score (nSPS) is 21.4. The van der Waals surface area contributed by atoms with Crippen LogP contribution < -0.4 is 20.7 Å². The summed E-state index contributed by atoms with van der Waals surface area (Å²) in [5, 5.41) is 12.3. The molecule has 2 N–H and O–H groups in total. The van der Waals surface area contributed by atoms with Crippen molar-refractivity contribution in [1.29, 1.82) is 0 Å². The summed E-state index contributed by atoms with van der Waals surface area (Å²) in [7, 11) is 0. The first kappa shape index (κ1) is 17.5. The summed E-state index contributed by atoms with van der Waals surface area (Å²) in [6.07, 6.45) is 2.69. The fraction of sp³-hybridized carbons (Fsp3) is 0.368. The molecule has 0 bridgehead atoms. The molecule has 0 saturated heterocycles. The van der Waals surface area contributed by atoms with Gasteiger partial charge in [0.25, 0.3) is 0 Å². The Labute approximate surface area is 155 Å². The Morgan fingerprint density at radius 1 is 1.44 bits per heavy atom. The summed E-state index contributed by atoms with van der Waals surface area (Å²) < 4.78 is 26.3. The van der Waals surface area contributed by atoms with E-state index in [1.165, 1.54) is 6.34 Å². The van der Waals surface area contributed by atoms with Crippen molar-refractivity contribution in [3.05, 3.63) is 51.4 Å². The van der Waals surface area contributed by atoms with Crippen LogP contribution in [-0.4, -0.2) is 41.8 Å². The summed E-state index contributed by atoms with van der Waals surface area (Å²) in [4.78, 5) is 8.59. The smallest absolute Gasteiger partial charge is 0.246 e. The molecule has 7 nitrogen and oxygen atoms in total. The van der Waals surface area contributed by atoms with E-state index in [9.17, 15) is 9.50 Å². The number of allylic oxidation sites excluding steroid dienone is 1. The molecule has 0 fully saturated rings. The Morgan fingerprint density at radius 3 is 3.04 bits per heavy atom. The molecule has 1 aromatic rings. The van der Waals surface area contributed by atoms with E-state index < -0.39 is 11.9 Å². The number of fused-ring (bicyclic) bond motifs is 2. The van der Waals surface area contributed by atoms with Crippen molar-refractivity contribution in [3.63, 3.8) is 0 Å². The molecule has 27 heavy (non-hydrogen) atoms. The monoisotopic (exact) mass is 372 g/mol. The van der Waals surface area contributed by atoms with Crippen LogP contribution in [0, 0.1) is 5.82 Å². The molecule has 0 aliphatic carbocycles. The maximum absolute atomic E-state index is 14.8. The van der Waals surface area contributed by atoms with Gasteiger partial charge in [0.05, 0.1) is 24.0 Å². The number of hydrogen-bond donors (Lipinski definition) is 2. The number of halogens is 1. The molecule has 2 atom stereocenters. The number of aliphatic hydroxyl groups is 1. The molecule has 1 aromatic carbocycles. The van der Waals surface area contributed by atoms with Crippen molar-refractivity contribution in [3.8, 4) is 5.75 Å². The van der Waals surface area contributed by atoms with Gasteiger partial charge in [-0.25, -0.2) is 9.38 Å². The Balaban J connectivity index is 1.68. The molecular formula is C19H21FN4O3. The molecule has 0 unspecified atom stereocenters. The Hall–Kier alpha value is -2.87. The SMILES string of the molecule is CC1=C(OC[C@H](C)O)CN2NC=NC(Oc3ccc4c(c3F)=C[C@H](C)N=4)=C12. The molecule has 3 aliphatic rings. The minimum atomic E-state index is -0.568. The van der Waals surface area contributed by atoms with Crippen LogP contribution in [0.15, 0.2) is 45.0 Å². The van der Waals surface area contributed by atoms with Crippen LogP contribution in [-0.2, 0) is 4.74 Å². The zero-order valence-corrected chi connectivity index (χ0v) is 15.4. The van der Waals surface area contributed by atoms with Crippen LogP contribution >= 0.6 is 0 Å². The molecule has 0 amide bonds. The molecule has 3 heterocycles. The Morgan fingerprint density at radius 2 is 2.26 bits per heavy atom. The number of rotatable bonds is 5. The summed E-state index contributed by atoms with van der Waals surface area (Å²) in [6.45, 7) is 6.10. The van der Waals surface area contributed by atoms with Gasteiger partial charge in [-0.3, -0.25) is 15.4 Å². The number of hydrazine groups is 1. The summed E-state index contributed by atoms with van der Waals surface area (Å²) in [5.74, 6) is 0.644.